The van der Waals surface area contributed by atoms with Gasteiger partial charge in [-0.15, -0.1) is 10.2 Å². The van der Waals surface area contributed by atoms with Crippen LogP contribution >= 0.6 is 0 Å². The molecule has 3 rings (SSSR count). The summed E-state index contributed by atoms with van der Waals surface area (Å²) in [7, 11) is 0. The van der Waals surface area contributed by atoms with Crippen molar-refractivity contribution in [2.24, 2.45) is 10.2 Å². The van der Waals surface area contributed by atoms with Crippen LogP contribution in [0.5, 0.6) is 5.75 Å². The van der Waals surface area contributed by atoms with E-state index in [4.69, 9.17) is 11.5 Å². The summed E-state index contributed by atoms with van der Waals surface area (Å²) in [6.45, 7) is 0. The topological polar surface area (TPSA) is 136 Å². The molecule has 0 unspecified atom stereocenters. The van der Waals surface area contributed by atoms with E-state index in [1.807, 2.05) is 24.3 Å². The van der Waals surface area contributed by atoms with Crippen molar-refractivity contribution >= 4 is 34.3 Å². The third kappa shape index (κ3) is 2.54. The Morgan fingerprint density at radius 3 is 2.33 bits per heavy atom. The summed E-state index contributed by atoms with van der Waals surface area (Å²) in [5.74, 6) is -0.100. The SMILES string of the molecule is Nc1nc(N)nc(N=Nc2c(O)ccc3ccccc23)n1. The average molecular weight is 281 g/mol. The van der Waals surface area contributed by atoms with E-state index in [-0.39, 0.29) is 23.6 Å². The highest BCUT2D eigenvalue weighted by atomic mass is 16.3. The van der Waals surface area contributed by atoms with Gasteiger partial charge in [0.05, 0.1) is 0 Å². The van der Waals surface area contributed by atoms with Gasteiger partial charge in [0.1, 0.15) is 11.4 Å². The first-order chi connectivity index (χ1) is 10.1. The molecule has 8 nitrogen and oxygen atoms in total. The van der Waals surface area contributed by atoms with Crippen molar-refractivity contribution in [2.45, 2.75) is 0 Å². The molecule has 0 spiro atoms. The van der Waals surface area contributed by atoms with E-state index in [2.05, 4.69) is 25.2 Å². The van der Waals surface area contributed by atoms with Gasteiger partial charge >= 0.3 is 0 Å². The number of aromatic hydroxyl groups is 1. The van der Waals surface area contributed by atoms with E-state index in [0.29, 0.717) is 5.69 Å². The van der Waals surface area contributed by atoms with Gasteiger partial charge in [-0.2, -0.15) is 15.0 Å². The number of aromatic nitrogens is 3. The van der Waals surface area contributed by atoms with Gasteiger partial charge in [-0.3, -0.25) is 0 Å². The molecule has 0 radical (unpaired) electrons. The highest BCUT2D eigenvalue weighted by Gasteiger charge is 2.06. The van der Waals surface area contributed by atoms with Crippen LogP contribution in [-0.4, -0.2) is 20.1 Å². The van der Waals surface area contributed by atoms with E-state index in [0.717, 1.165) is 10.8 Å². The summed E-state index contributed by atoms with van der Waals surface area (Å²) in [5.41, 5.74) is 11.2. The van der Waals surface area contributed by atoms with Crippen molar-refractivity contribution in [1.29, 1.82) is 0 Å². The normalized spacial score (nSPS) is 11.2. The molecule has 0 aliphatic carbocycles. The fourth-order valence-corrected chi connectivity index (χ4v) is 1.89. The van der Waals surface area contributed by atoms with Crippen molar-refractivity contribution in [2.75, 3.05) is 11.5 Å². The van der Waals surface area contributed by atoms with Crippen molar-refractivity contribution in [3.63, 3.8) is 0 Å². The van der Waals surface area contributed by atoms with Crippen LogP contribution in [0.1, 0.15) is 0 Å². The quantitative estimate of drug-likeness (QED) is 0.616. The van der Waals surface area contributed by atoms with Gasteiger partial charge in [-0.05, 0) is 11.5 Å². The van der Waals surface area contributed by atoms with Crippen LogP contribution < -0.4 is 11.5 Å². The molecule has 1 heterocycles. The molecule has 3 aromatic rings. The number of rotatable bonds is 2. The lowest BCUT2D eigenvalue weighted by Crippen LogP contribution is -2.01. The standard InChI is InChI=1S/C13H11N7O/c14-11-16-12(15)18-13(17-11)20-19-10-8-4-2-1-3-7(8)5-6-9(10)21/h1-6,21H,(H4,14,15,16,17,18). The van der Waals surface area contributed by atoms with Crippen molar-refractivity contribution < 1.29 is 5.11 Å². The number of nitrogen functional groups attached to an aromatic ring is 2. The van der Waals surface area contributed by atoms with Crippen molar-refractivity contribution in [3.8, 4) is 5.75 Å². The Morgan fingerprint density at radius 2 is 1.57 bits per heavy atom. The van der Waals surface area contributed by atoms with Crippen LogP contribution in [0.4, 0.5) is 23.5 Å². The smallest absolute Gasteiger partial charge is 0.275 e. The summed E-state index contributed by atoms with van der Waals surface area (Å²) >= 11 is 0. The molecule has 0 atom stereocenters. The van der Waals surface area contributed by atoms with Crippen LogP contribution in [0.25, 0.3) is 10.8 Å². The second-order valence-corrected chi connectivity index (χ2v) is 4.21. The van der Waals surface area contributed by atoms with E-state index in [1.54, 1.807) is 12.1 Å². The number of phenols is 1. The van der Waals surface area contributed by atoms with E-state index < -0.39 is 0 Å². The van der Waals surface area contributed by atoms with Crippen molar-refractivity contribution in [3.05, 3.63) is 36.4 Å². The van der Waals surface area contributed by atoms with Gasteiger partial charge < -0.3 is 16.6 Å². The van der Waals surface area contributed by atoms with Crippen LogP contribution in [0.2, 0.25) is 0 Å². The number of phenolic OH excluding ortho intramolecular Hbond substituents is 1. The number of anilines is 2. The molecular formula is C13H11N7O. The van der Waals surface area contributed by atoms with Gasteiger partial charge in [-0.1, -0.05) is 30.3 Å². The third-order valence-corrected chi connectivity index (χ3v) is 2.78. The maximum absolute atomic E-state index is 9.94. The summed E-state index contributed by atoms with van der Waals surface area (Å²) in [4.78, 5) is 11.2. The highest BCUT2D eigenvalue weighted by molar-refractivity contribution is 5.95. The minimum Gasteiger partial charge on any atom is -0.506 e. The van der Waals surface area contributed by atoms with Crippen molar-refractivity contribution in [1.82, 2.24) is 15.0 Å². The Labute approximate surface area is 119 Å². The van der Waals surface area contributed by atoms with Crippen LogP contribution in [0.3, 0.4) is 0 Å². The molecule has 1 aromatic heterocycles. The maximum Gasteiger partial charge on any atom is 0.275 e. The molecule has 5 N–H and O–H groups in total. The summed E-state index contributed by atoms with van der Waals surface area (Å²) in [5, 5.41) is 19.5. The lowest BCUT2D eigenvalue weighted by molar-refractivity contribution is 0.477. The van der Waals surface area contributed by atoms with Gasteiger partial charge in [0, 0.05) is 5.39 Å². The fraction of sp³-hybridized carbons (Fsp3) is 0. The molecule has 0 saturated carbocycles. The monoisotopic (exact) mass is 281 g/mol. The third-order valence-electron chi connectivity index (χ3n) is 2.78. The Balaban J connectivity index is 2.08. The number of nitrogens with two attached hydrogens (primary N) is 2. The number of hydrogen-bond acceptors (Lipinski definition) is 8. The Bertz CT molecular complexity index is 827. The highest BCUT2D eigenvalue weighted by Crippen LogP contribution is 2.35. The molecule has 2 aromatic carbocycles. The minimum absolute atomic E-state index is 0.00690. The Hall–Kier alpha value is -3.29. The van der Waals surface area contributed by atoms with Gasteiger partial charge in [0.15, 0.2) is 0 Å². The predicted octanol–water partition coefficient (Wildman–Crippen LogP) is 2.31. The zero-order chi connectivity index (χ0) is 14.8. The second kappa shape index (κ2) is 5.00. The lowest BCUT2D eigenvalue weighted by Gasteiger charge is -2.03. The summed E-state index contributed by atoms with van der Waals surface area (Å²) < 4.78 is 0. The zero-order valence-electron chi connectivity index (χ0n) is 10.8. The number of nitrogens with zero attached hydrogens (tertiary/aromatic N) is 5. The van der Waals surface area contributed by atoms with Crippen LogP contribution in [0.15, 0.2) is 46.6 Å². The molecule has 0 saturated heterocycles. The average Bonchev–Trinajstić information content (AvgIpc) is 2.45. The first-order valence-corrected chi connectivity index (χ1v) is 6.03. The van der Waals surface area contributed by atoms with E-state index in [9.17, 15) is 5.11 Å². The number of azo groups is 1. The molecule has 0 amide bonds. The summed E-state index contributed by atoms with van der Waals surface area (Å²) in [6, 6.07) is 10.8. The first kappa shape index (κ1) is 12.7. The molecular weight excluding hydrogens is 270 g/mol. The molecule has 104 valence electrons. The zero-order valence-corrected chi connectivity index (χ0v) is 10.8. The fourth-order valence-electron chi connectivity index (χ4n) is 1.89. The summed E-state index contributed by atoms with van der Waals surface area (Å²) in [6.07, 6.45) is 0. The second-order valence-electron chi connectivity index (χ2n) is 4.21. The van der Waals surface area contributed by atoms with Gasteiger partial charge in [-0.25, -0.2) is 0 Å². The Morgan fingerprint density at radius 1 is 0.857 bits per heavy atom. The lowest BCUT2D eigenvalue weighted by atomic mass is 10.1. The van der Waals surface area contributed by atoms with E-state index in [1.165, 1.54) is 0 Å². The Kier molecular flexibility index (Phi) is 3.03. The first-order valence-electron chi connectivity index (χ1n) is 6.03. The largest absolute Gasteiger partial charge is 0.506 e. The van der Waals surface area contributed by atoms with Gasteiger partial charge in [0.25, 0.3) is 5.95 Å². The predicted molar refractivity (Wildman–Crippen MR) is 78.4 cm³/mol. The molecule has 0 fully saturated rings. The molecule has 21 heavy (non-hydrogen) atoms. The van der Waals surface area contributed by atoms with Crippen LogP contribution in [-0.2, 0) is 0 Å². The van der Waals surface area contributed by atoms with Gasteiger partial charge in [0.2, 0.25) is 11.9 Å². The number of benzene rings is 2. The number of hydrogen-bond donors (Lipinski definition) is 3. The molecule has 8 heteroatoms. The maximum atomic E-state index is 9.94. The molecule has 0 bridgehead atoms. The molecule has 0 aliphatic rings. The van der Waals surface area contributed by atoms with E-state index >= 15 is 0 Å². The minimum atomic E-state index is -0.0430. The molecule has 0 aliphatic heterocycles. The van der Waals surface area contributed by atoms with Crippen LogP contribution in [0, 0.1) is 0 Å². The number of fused-ring (bicyclic) bond motifs is 1.